The Morgan fingerprint density at radius 2 is 2.00 bits per heavy atom. The molecule has 1 unspecified atom stereocenters. The summed E-state index contributed by atoms with van der Waals surface area (Å²) in [6.45, 7) is 3.38. The van der Waals surface area contributed by atoms with E-state index in [0.29, 0.717) is 6.54 Å². The number of hydrogen-bond donors (Lipinski definition) is 1. The first kappa shape index (κ1) is 9.34. The summed E-state index contributed by atoms with van der Waals surface area (Å²) in [5.41, 5.74) is 2.46. The van der Waals surface area contributed by atoms with Crippen LogP contribution in [0.15, 0.2) is 24.3 Å². The van der Waals surface area contributed by atoms with Gasteiger partial charge in [-0.2, -0.15) is 0 Å². The van der Waals surface area contributed by atoms with Crippen molar-refractivity contribution in [2.75, 3.05) is 30.1 Å². The average molecular weight is 192 g/mol. The standard InChI is InChI=1S/C11H16N2O/c1-9(14)7-13-8-12(2)10-5-3-4-6-11(10)13/h3-6,9,14H,7-8H2,1-2H3. The lowest BCUT2D eigenvalue weighted by Crippen LogP contribution is -2.33. The van der Waals surface area contributed by atoms with Gasteiger partial charge in [0, 0.05) is 13.6 Å². The topological polar surface area (TPSA) is 26.7 Å². The summed E-state index contributed by atoms with van der Waals surface area (Å²) in [4.78, 5) is 4.39. The third-order valence-corrected chi connectivity index (χ3v) is 2.50. The first-order valence-corrected chi connectivity index (χ1v) is 4.91. The van der Waals surface area contributed by atoms with Gasteiger partial charge in [-0.1, -0.05) is 12.1 Å². The average Bonchev–Trinajstić information content (AvgIpc) is 2.44. The lowest BCUT2D eigenvalue weighted by molar-refractivity contribution is 0.200. The highest BCUT2D eigenvalue weighted by Crippen LogP contribution is 2.34. The number of aliphatic hydroxyl groups is 1. The van der Waals surface area contributed by atoms with Crippen LogP contribution in [0.4, 0.5) is 11.4 Å². The minimum atomic E-state index is -0.283. The van der Waals surface area contributed by atoms with Gasteiger partial charge in [-0.3, -0.25) is 0 Å². The van der Waals surface area contributed by atoms with E-state index < -0.39 is 0 Å². The van der Waals surface area contributed by atoms with E-state index in [2.05, 4.69) is 29.0 Å². The van der Waals surface area contributed by atoms with Crippen molar-refractivity contribution in [1.82, 2.24) is 0 Å². The fourth-order valence-electron chi connectivity index (χ4n) is 1.94. The maximum atomic E-state index is 9.36. The van der Waals surface area contributed by atoms with Gasteiger partial charge in [0.05, 0.1) is 24.1 Å². The van der Waals surface area contributed by atoms with Crippen LogP contribution in [0.25, 0.3) is 0 Å². The second kappa shape index (κ2) is 3.50. The van der Waals surface area contributed by atoms with E-state index in [9.17, 15) is 5.11 Å². The number of hydrogen-bond acceptors (Lipinski definition) is 3. The molecule has 1 aromatic rings. The fourth-order valence-corrected chi connectivity index (χ4v) is 1.94. The first-order chi connectivity index (χ1) is 6.68. The predicted octanol–water partition coefficient (Wildman–Crippen LogP) is 1.28. The molecule has 0 saturated heterocycles. The molecular weight excluding hydrogens is 176 g/mol. The summed E-state index contributed by atoms with van der Waals surface area (Å²) in [6.07, 6.45) is -0.283. The Balaban J connectivity index is 2.25. The molecule has 0 fully saturated rings. The van der Waals surface area contributed by atoms with Gasteiger partial charge in [0.2, 0.25) is 0 Å². The quantitative estimate of drug-likeness (QED) is 0.764. The maximum Gasteiger partial charge on any atom is 0.0902 e. The third kappa shape index (κ3) is 1.55. The van der Waals surface area contributed by atoms with Gasteiger partial charge in [0.25, 0.3) is 0 Å². The Bertz CT molecular complexity index is 323. The van der Waals surface area contributed by atoms with Crippen molar-refractivity contribution in [3.05, 3.63) is 24.3 Å². The van der Waals surface area contributed by atoms with Crippen molar-refractivity contribution < 1.29 is 5.11 Å². The molecule has 0 spiro atoms. The number of rotatable bonds is 2. The Hall–Kier alpha value is -1.22. The lowest BCUT2D eigenvalue weighted by atomic mass is 10.2. The molecule has 0 saturated carbocycles. The Morgan fingerprint density at radius 3 is 2.64 bits per heavy atom. The van der Waals surface area contributed by atoms with Crippen molar-refractivity contribution in [3.8, 4) is 0 Å². The molecule has 76 valence electrons. The summed E-state index contributed by atoms with van der Waals surface area (Å²) in [5.74, 6) is 0. The van der Waals surface area contributed by atoms with Crippen LogP contribution in [0.1, 0.15) is 6.92 Å². The normalized spacial score (nSPS) is 17.1. The molecule has 0 aliphatic carbocycles. The summed E-state index contributed by atoms with van der Waals surface area (Å²) < 4.78 is 0. The summed E-state index contributed by atoms with van der Waals surface area (Å²) >= 11 is 0. The van der Waals surface area contributed by atoms with Gasteiger partial charge in [-0.05, 0) is 19.1 Å². The van der Waals surface area contributed by atoms with Crippen LogP contribution in [0.2, 0.25) is 0 Å². The second-order valence-electron chi connectivity index (χ2n) is 3.90. The lowest BCUT2D eigenvalue weighted by Gasteiger charge is -2.20. The molecule has 1 N–H and O–H groups in total. The minimum absolute atomic E-state index is 0.283. The van der Waals surface area contributed by atoms with Gasteiger partial charge in [0.15, 0.2) is 0 Å². The molecule has 0 aromatic heterocycles. The molecule has 3 heteroatoms. The SMILES string of the molecule is CC(O)CN1CN(C)c2ccccc21. The third-order valence-electron chi connectivity index (χ3n) is 2.50. The number of nitrogens with zero attached hydrogens (tertiary/aromatic N) is 2. The summed E-state index contributed by atoms with van der Waals surface area (Å²) in [6, 6.07) is 8.28. The molecule has 2 rings (SSSR count). The van der Waals surface area contributed by atoms with Crippen molar-refractivity contribution >= 4 is 11.4 Å². The highest BCUT2D eigenvalue weighted by atomic mass is 16.3. The Labute approximate surface area is 84.6 Å². The number of para-hydroxylation sites is 2. The van der Waals surface area contributed by atoms with Gasteiger partial charge < -0.3 is 14.9 Å². The zero-order valence-corrected chi connectivity index (χ0v) is 8.64. The number of fused-ring (bicyclic) bond motifs is 1. The Kier molecular flexibility index (Phi) is 2.33. The van der Waals surface area contributed by atoms with E-state index in [4.69, 9.17) is 0 Å². The van der Waals surface area contributed by atoms with E-state index in [1.54, 1.807) is 0 Å². The molecule has 0 amide bonds. The van der Waals surface area contributed by atoms with Crippen molar-refractivity contribution in [1.29, 1.82) is 0 Å². The Morgan fingerprint density at radius 1 is 1.36 bits per heavy atom. The van der Waals surface area contributed by atoms with E-state index in [-0.39, 0.29) is 6.10 Å². The van der Waals surface area contributed by atoms with Crippen molar-refractivity contribution in [2.45, 2.75) is 13.0 Å². The van der Waals surface area contributed by atoms with Crippen LogP contribution in [0, 0.1) is 0 Å². The van der Waals surface area contributed by atoms with Gasteiger partial charge in [0.1, 0.15) is 0 Å². The minimum Gasteiger partial charge on any atom is -0.392 e. The number of benzene rings is 1. The molecule has 14 heavy (non-hydrogen) atoms. The van der Waals surface area contributed by atoms with Crippen molar-refractivity contribution in [3.63, 3.8) is 0 Å². The molecule has 1 heterocycles. The maximum absolute atomic E-state index is 9.36. The molecule has 0 bridgehead atoms. The van der Waals surface area contributed by atoms with E-state index in [1.165, 1.54) is 11.4 Å². The zero-order valence-electron chi connectivity index (χ0n) is 8.64. The summed E-state index contributed by atoms with van der Waals surface area (Å²) in [7, 11) is 2.07. The van der Waals surface area contributed by atoms with Crippen LogP contribution in [-0.2, 0) is 0 Å². The van der Waals surface area contributed by atoms with Crippen LogP contribution in [0.5, 0.6) is 0 Å². The highest BCUT2D eigenvalue weighted by Gasteiger charge is 2.22. The monoisotopic (exact) mass is 192 g/mol. The first-order valence-electron chi connectivity index (χ1n) is 4.91. The molecule has 1 aliphatic rings. The smallest absolute Gasteiger partial charge is 0.0902 e. The van der Waals surface area contributed by atoms with E-state index in [0.717, 1.165) is 6.67 Å². The molecule has 0 radical (unpaired) electrons. The fraction of sp³-hybridized carbons (Fsp3) is 0.455. The van der Waals surface area contributed by atoms with E-state index in [1.807, 2.05) is 19.1 Å². The van der Waals surface area contributed by atoms with Crippen LogP contribution >= 0.6 is 0 Å². The molecular formula is C11H16N2O. The number of aliphatic hydroxyl groups excluding tert-OH is 1. The molecule has 1 aliphatic heterocycles. The molecule has 3 nitrogen and oxygen atoms in total. The van der Waals surface area contributed by atoms with Crippen LogP contribution in [0.3, 0.4) is 0 Å². The van der Waals surface area contributed by atoms with Gasteiger partial charge in [-0.15, -0.1) is 0 Å². The van der Waals surface area contributed by atoms with Crippen LogP contribution in [-0.4, -0.2) is 31.5 Å². The van der Waals surface area contributed by atoms with Crippen molar-refractivity contribution in [2.24, 2.45) is 0 Å². The molecule has 1 aromatic carbocycles. The van der Waals surface area contributed by atoms with E-state index >= 15 is 0 Å². The number of anilines is 2. The van der Waals surface area contributed by atoms with Gasteiger partial charge in [-0.25, -0.2) is 0 Å². The van der Waals surface area contributed by atoms with Crippen LogP contribution < -0.4 is 9.80 Å². The molecule has 1 atom stereocenters. The van der Waals surface area contributed by atoms with Gasteiger partial charge >= 0.3 is 0 Å². The largest absolute Gasteiger partial charge is 0.392 e. The number of β-amino-alcohol motifs (C(OH)–C–C–N with tert-alkyl or cyclic N) is 1. The zero-order chi connectivity index (χ0) is 10.1. The second-order valence-corrected chi connectivity index (χ2v) is 3.90. The summed E-state index contributed by atoms with van der Waals surface area (Å²) in [5, 5.41) is 9.36. The predicted molar refractivity (Wildman–Crippen MR) is 58.7 cm³/mol. The highest BCUT2D eigenvalue weighted by molar-refractivity contribution is 5.75.